The molecule has 2 nitrogen and oxygen atoms in total. The van der Waals surface area contributed by atoms with Gasteiger partial charge in [-0.15, -0.1) is 0 Å². The van der Waals surface area contributed by atoms with Gasteiger partial charge in [0.25, 0.3) is 0 Å². The highest BCUT2D eigenvalue weighted by molar-refractivity contribution is 6.32. The van der Waals surface area contributed by atoms with Crippen LogP contribution in [-0.2, 0) is 0 Å². The van der Waals surface area contributed by atoms with E-state index in [1.807, 2.05) is 41.1 Å². The van der Waals surface area contributed by atoms with Crippen molar-refractivity contribution in [3.8, 4) is 5.69 Å². The van der Waals surface area contributed by atoms with E-state index in [2.05, 4.69) is 17.2 Å². The van der Waals surface area contributed by atoms with Gasteiger partial charge in [0.2, 0.25) is 0 Å². The van der Waals surface area contributed by atoms with E-state index >= 15 is 0 Å². The third kappa shape index (κ3) is 1.28. The van der Waals surface area contributed by atoms with E-state index < -0.39 is 0 Å². The number of rotatable bonds is 1. The van der Waals surface area contributed by atoms with Gasteiger partial charge in [-0.2, -0.15) is 0 Å². The molecule has 0 aliphatic rings. The second-order valence-corrected chi connectivity index (χ2v) is 3.56. The second kappa shape index (κ2) is 3.06. The highest BCUT2D eigenvalue weighted by Gasteiger charge is 2.04. The molecule has 0 bridgehead atoms. The summed E-state index contributed by atoms with van der Waals surface area (Å²) in [6.45, 7) is 0. The van der Waals surface area contributed by atoms with Gasteiger partial charge in [0.05, 0.1) is 16.7 Å². The van der Waals surface area contributed by atoms with Crippen molar-refractivity contribution in [1.29, 1.82) is 0 Å². The first-order chi connectivity index (χ1) is 7.34. The molecule has 1 heterocycles. The molecule has 0 amide bonds. The number of nitrogens with one attached hydrogen (secondary N) is 1. The fourth-order valence-corrected chi connectivity index (χ4v) is 1.72. The molecule has 3 aromatic rings. The number of H-pyrrole nitrogens is 1. The molecule has 1 aromatic heterocycles. The molecule has 70 valence electrons. The third-order valence-corrected chi connectivity index (χ3v) is 2.53. The number of hydrogen-bond donors (Lipinski definition) is 1. The summed E-state index contributed by atoms with van der Waals surface area (Å²) >= 11 is 0. The number of para-hydroxylation sites is 2. The van der Waals surface area contributed by atoms with Crippen LogP contribution in [0, 0.1) is 0 Å². The van der Waals surface area contributed by atoms with Gasteiger partial charge < -0.3 is 0 Å². The summed E-state index contributed by atoms with van der Waals surface area (Å²) in [5, 5.41) is 3.25. The minimum atomic E-state index is 0.785. The van der Waals surface area contributed by atoms with Gasteiger partial charge in [0, 0.05) is 0 Å². The maximum Gasteiger partial charge on any atom is 0.113 e. The zero-order valence-electron chi connectivity index (χ0n) is 8.14. The Balaban J connectivity index is 2.13. The van der Waals surface area contributed by atoms with Crippen LogP contribution in [0.4, 0.5) is 0 Å². The number of aromatic amines is 1. The standard InChI is InChI=1S/C12H9BN2/c13-9-5-7-10(8-6-9)15-12-4-2-1-3-11(12)14-15/h1-8,14H. The SMILES string of the molecule is [B]c1ccc(-n2[nH]c3ccccc32)cc1. The van der Waals surface area contributed by atoms with E-state index in [0.717, 1.165) is 16.7 Å². The second-order valence-electron chi connectivity index (χ2n) is 3.56. The molecule has 15 heavy (non-hydrogen) atoms. The Morgan fingerprint density at radius 1 is 0.933 bits per heavy atom. The third-order valence-electron chi connectivity index (χ3n) is 2.53. The predicted octanol–water partition coefficient (Wildman–Crippen LogP) is 1.75. The van der Waals surface area contributed by atoms with Crippen molar-refractivity contribution >= 4 is 24.3 Å². The minimum Gasteiger partial charge on any atom is -0.292 e. The van der Waals surface area contributed by atoms with Gasteiger partial charge in [0.15, 0.2) is 0 Å². The first kappa shape index (κ1) is 8.42. The van der Waals surface area contributed by atoms with Gasteiger partial charge >= 0.3 is 0 Å². The van der Waals surface area contributed by atoms with Crippen molar-refractivity contribution in [2.24, 2.45) is 0 Å². The minimum absolute atomic E-state index is 0.785. The Labute approximate surface area is 88.9 Å². The highest BCUT2D eigenvalue weighted by Crippen LogP contribution is 2.18. The van der Waals surface area contributed by atoms with Crippen LogP contribution in [0.5, 0.6) is 0 Å². The van der Waals surface area contributed by atoms with E-state index in [-0.39, 0.29) is 0 Å². The lowest BCUT2D eigenvalue weighted by Gasteiger charge is -2.16. The lowest BCUT2D eigenvalue weighted by atomic mass is 9.96. The van der Waals surface area contributed by atoms with Crippen molar-refractivity contribution in [1.82, 2.24) is 9.78 Å². The van der Waals surface area contributed by atoms with Crippen LogP contribution in [-0.4, -0.2) is 17.6 Å². The number of fused-ring (bicyclic) bond motifs is 1. The summed E-state index contributed by atoms with van der Waals surface area (Å²) in [5.74, 6) is 0. The molecule has 0 atom stereocenters. The Bertz CT molecular complexity index is 589. The predicted molar refractivity (Wildman–Crippen MR) is 63.0 cm³/mol. The maximum atomic E-state index is 5.64. The van der Waals surface area contributed by atoms with E-state index in [9.17, 15) is 0 Å². The van der Waals surface area contributed by atoms with Crippen LogP contribution in [0.1, 0.15) is 0 Å². The number of aromatic nitrogens is 2. The summed E-state index contributed by atoms with van der Waals surface area (Å²) in [6, 6.07) is 16.0. The van der Waals surface area contributed by atoms with Crippen molar-refractivity contribution in [3.05, 3.63) is 48.5 Å². The fraction of sp³-hybridized carbons (Fsp3) is 0. The van der Waals surface area contributed by atoms with Gasteiger partial charge in [-0.1, -0.05) is 29.7 Å². The average Bonchev–Trinajstić information content (AvgIpc) is 2.23. The molecule has 3 rings (SSSR count). The van der Waals surface area contributed by atoms with Crippen molar-refractivity contribution in [2.45, 2.75) is 0 Å². The first-order valence-electron chi connectivity index (χ1n) is 4.86. The van der Waals surface area contributed by atoms with E-state index in [4.69, 9.17) is 7.85 Å². The Morgan fingerprint density at radius 3 is 2.40 bits per heavy atom. The zero-order valence-corrected chi connectivity index (χ0v) is 8.14. The molecule has 2 radical (unpaired) electrons. The van der Waals surface area contributed by atoms with Gasteiger partial charge in [-0.25, -0.2) is 0 Å². The Morgan fingerprint density at radius 2 is 1.67 bits per heavy atom. The van der Waals surface area contributed by atoms with Crippen LogP contribution in [0.2, 0.25) is 0 Å². The number of nitrogens with zero attached hydrogens (tertiary/aromatic N) is 1. The van der Waals surface area contributed by atoms with Crippen LogP contribution in [0.3, 0.4) is 0 Å². The molecule has 0 saturated carbocycles. The molecule has 0 aliphatic heterocycles. The average molecular weight is 192 g/mol. The summed E-state index contributed by atoms with van der Waals surface area (Å²) in [5.41, 5.74) is 4.24. The molecule has 0 saturated heterocycles. The molecular formula is C12H9BN2. The van der Waals surface area contributed by atoms with Gasteiger partial charge in [-0.3, -0.25) is 9.78 Å². The molecule has 2 aromatic carbocycles. The van der Waals surface area contributed by atoms with E-state index in [1.165, 1.54) is 5.52 Å². The monoisotopic (exact) mass is 192 g/mol. The van der Waals surface area contributed by atoms with Gasteiger partial charge in [-0.05, 0) is 24.3 Å². The summed E-state index contributed by atoms with van der Waals surface area (Å²) < 4.78 is 2.04. The van der Waals surface area contributed by atoms with Crippen molar-refractivity contribution in [3.63, 3.8) is 0 Å². The summed E-state index contributed by atoms with van der Waals surface area (Å²) in [4.78, 5) is 0. The first-order valence-corrected chi connectivity index (χ1v) is 4.86. The molecule has 0 fully saturated rings. The largest absolute Gasteiger partial charge is 0.292 e. The van der Waals surface area contributed by atoms with Gasteiger partial charge in [0.1, 0.15) is 7.85 Å². The number of hydrogen-bond acceptors (Lipinski definition) is 0. The maximum absolute atomic E-state index is 5.64. The van der Waals surface area contributed by atoms with E-state index in [0.29, 0.717) is 0 Å². The quantitative estimate of drug-likeness (QED) is 0.567. The molecule has 0 aliphatic carbocycles. The van der Waals surface area contributed by atoms with Crippen molar-refractivity contribution in [2.75, 3.05) is 0 Å². The topological polar surface area (TPSA) is 20.7 Å². The lowest BCUT2D eigenvalue weighted by Crippen LogP contribution is -2.09. The molecule has 0 unspecified atom stereocenters. The van der Waals surface area contributed by atoms with Crippen LogP contribution < -0.4 is 5.46 Å². The van der Waals surface area contributed by atoms with Crippen LogP contribution in [0.15, 0.2) is 48.5 Å². The zero-order chi connectivity index (χ0) is 10.3. The molecular weight excluding hydrogens is 183 g/mol. The lowest BCUT2D eigenvalue weighted by molar-refractivity contribution is 0.870. The highest BCUT2D eigenvalue weighted by atomic mass is 15.3. The van der Waals surface area contributed by atoms with Crippen molar-refractivity contribution < 1.29 is 0 Å². The normalized spacial score (nSPS) is 10.9. The summed E-state index contributed by atoms with van der Waals surface area (Å²) in [6.07, 6.45) is 0. The van der Waals surface area contributed by atoms with Crippen LogP contribution in [0.25, 0.3) is 16.7 Å². The molecule has 3 heteroatoms. The molecule has 1 N–H and O–H groups in total. The Kier molecular flexibility index (Phi) is 1.71. The Hall–Kier alpha value is -1.90. The molecule has 0 spiro atoms. The fourth-order valence-electron chi connectivity index (χ4n) is 1.72. The smallest absolute Gasteiger partial charge is 0.113 e. The number of benzene rings is 2. The van der Waals surface area contributed by atoms with E-state index in [1.54, 1.807) is 0 Å². The van der Waals surface area contributed by atoms with Crippen LogP contribution >= 0.6 is 0 Å². The summed E-state index contributed by atoms with van der Waals surface area (Å²) in [7, 11) is 5.64.